The van der Waals surface area contributed by atoms with Crippen molar-refractivity contribution in [2.75, 3.05) is 13.2 Å². The van der Waals surface area contributed by atoms with Crippen molar-refractivity contribution in [3.8, 4) is 0 Å². The van der Waals surface area contributed by atoms with E-state index in [9.17, 15) is 0 Å². The van der Waals surface area contributed by atoms with Crippen LogP contribution >= 0.6 is 0 Å². The van der Waals surface area contributed by atoms with E-state index in [1.54, 1.807) is 0 Å². The molecule has 0 N–H and O–H groups in total. The highest BCUT2D eigenvalue weighted by Gasteiger charge is 2.00. The molecule has 0 aliphatic heterocycles. The van der Waals surface area contributed by atoms with E-state index < -0.39 is 0 Å². The summed E-state index contributed by atoms with van der Waals surface area (Å²) in [6.45, 7) is 14.2. The number of rotatable bonds is 9. The van der Waals surface area contributed by atoms with Crippen LogP contribution in [0.4, 0.5) is 0 Å². The zero-order valence-electron chi connectivity index (χ0n) is 14.7. The molecule has 0 aromatic heterocycles. The molecule has 0 atom stereocenters. The van der Waals surface area contributed by atoms with Gasteiger partial charge in [0.05, 0.1) is 26.4 Å². The third kappa shape index (κ3) is 5.48. The number of benzene rings is 2. The van der Waals surface area contributed by atoms with Crippen LogP contribution in [0.5, 0.6) is 0 Å². The Morgan fingerprint density at radius 2 is 1.54 bits per heavy atom. The summed E-state index contributed by atoms with van der Waals surface area (Å²) in [6, 6.07) is 12.7. The summed E-state index contributed by atoms with van der Waals surface area (Å²) in [6.07, 6.45) is 3.74. The van der Waals surface area contributed by atoms with E-state index in [0.29, 0.717) is 26.4 Å². The molecule has 2 rings (SSSR count). The summed E-state index contributed by atoms with van der Waals surface area (Å²) in [7, 11) is 0. The number of hydrogen-bond acceptors (Lipinski definition) is 2. The van der Waals surface area contributed by atoms with Crippen LogP contribution in [0.3, 0.4) is 0 Å². The second kappa shape index (κ2) is 9.21. The summed E-state index contributed by atoms with van der Waals surface area (Å²) >= 11 is 0. The van der Waals surface area contributed by atoms with Gasteiger partial charge in [-0.15, -0.1) is 0 Å². The predicted molar refractivity (Wildman–Crippen MR) is 102 cm³/mol. The molecule has 0 amide bonds. The summed E-state index contributed by atoms with van der Waals surface area (Å²) in [5, 5.41) is 0. The Morgan fingerprint density at radius 3 is 2.21 bits per heavy atom. The first kappa shape index (κ1) is 18.2. The van der Waals surface area contributed by atoms with Gasteiger partial charge in [-0.05, 0) is 53.8 Å². The van der Waals surface area contributed by atoms with Crippen LogP contribution in [0.15, 0.2) is 49.6 Å². The van der Waals surface area contributed by atoms with E-state index in [1.807, 2.05) is 12.2 Å². The molecule has 2 nitrogen and oxygen atoms in total. The SMILES string of the molecule is C=Cc1cc(C)cc(COCCOCc2ccc(C)c(C=C)c2)c1. The van der Waals surface area contributed by atoms with Gasteiger partial charge in [-0.3, -0.25) is 0 Å². The molecule has 0 radical (unpaired) electrons. The Balaban J connectivity index is 1.71. The van der Waals surface area contributed by atoms with Crippen LogP contribution in [-0.2, 0) is 22.7 Å². The molecule has 126 valence electrons. The second-order valence-electron chi connectivity index (χ2n) is 5.96. The van der Waals surface area contributed by atoms with Crippen LogP contribution in [0.25, 0.3) is 12.2 Å². The van der Waals surface area contributed by atoms with Crippen molar-refractivity contribution in [2.45, 2.75) is 27.1 Å². The molecule has 0 aliphatic rings. The zero-order chi connectivity index (χ0) is 17.4. The van der Waals surface area contributed by atoms with Gasteiger partial charge >= 0.3 is 0 Å². The van der Waals surface area contributed by atoms with Crippen molar-refractivity contribution < 1.29 is 9.47 Å². The third-order valence-corrected chi connectivity index (χ3v) is 3.87. The monoisotopic (exact) mass is 322 g/mol. The normalized spacial score (nSPS) is 10.6. The van der Waals surface area contributed by atoms with Crippen LogP contribution in [0.1, 0.15) is 33.4 Å². The molecule has 0 saturated carbocycles. The van der Waals surface area contributed by atoms with Gasteiger partial charge in [0.2, 0.25) is 0 Å². The van der Waals surface area contributed by atoms with Crippen molar-refractivity contribution >= 4 is 12.2 Å². The van der Waals surface area contributed by atoms with E-state index in [1.165, 1.54) is 16.7 Å². The van der Waals surface area contributed by atoms with Crippen molar-refractivity contribution in [1.82, 2.24) is 0 Å². The quantitative estimate of drug-likeness (QED) is 0.581. The van der Waals surface area contributed by atoms with Crippen molar-refractivity contribution in [3.05, 3.63) is 82.9 Å². The van der Waals surface area contributed by atoms with Crippen LogP contribution in [0, 0.1) is 13.8 Å². The standard InChI is InChI=1S/C22H26O2/c1-5-19-11-17(3)12-21(13-19)16-24-10-9-23-15-20-8-7-18(4)22(6-2)14-20/h5-8,11-14H,1-2,9-10,15-16H2,3-4H3. The number of ether oxygens (including phenoxy) is 2. The Kier molecular flexibility index (Phi) is 6.98. The smallest absolute Gasteiger partial charge is 0.0718 e. The van der Waals surface area contributed by atoms with Gasteiger partial charge in [-0.1, -0.05) is 55.1 Å². The van der Waals surface area contributed by atoms with Gasteiger partial charge in [0.25, 0.3) is 0 Å². The lowest BCUT2D eigenvalue weighted by Gasteiger charge is -2.09. The first-order chi connectivity index (χ1) is 11.6. The topological polar surface area (TPSA) is 18.5 Å². The fraction of sp³-hybridized carbons (Fsp3) is 0.273. The Hall–Kier alpha value is -2.16. The molecule has 2 aromatic rings. The lowest BCUT2D eigenvalue weighted by atomic mass is 10.1. The third-order valence-electron chi connectivity index (χ3n) is 3.87. The molecule has 0 aliphatic carbocycles. The predicted octanol–water partition coefficient (Wildman–Crippen LogP) is 5.32. The Bertz CT molecular complexity index is 701. The summed E-state index contributed by atoms with van der Waals surface area (Å²) in [4.78, 5) is 0. The van der Waals surface area contributed by atoms with Gasteiger partial charge in [0.15, 0.2) is 0 Å². The fourth-order valence-electron chi connectivity index (χ4n) is 2.59. The number of hydrogen-bond donors (Lipinski definition) is 0. The molecule has 0 heterocycles. The molecule has 0 fully saturated rings. The van der Waals surface area contributed by atoms with Crippen molar-refractivity contribution in [3.63, 3.8) is 0 Å². The Morgan fingerprint density at radius 1 is 0.833 bits per heavy atom. The van der Waals surface area contributed by atoms with E-state index in [0.717, 1.165) is 16.7 Å². The van der Waals surface area contributed by atoms with Crippen molar-refractivity contribution in [1.29, 1.82) is 0 Å². The van der Waals surface area contributed by atoms with Crippen LogP contribution < -0.4 is 0 Å². The van der Waals surface area contributed by atoms with E-state index in [2.05, 4.69) is 63.4 Å². The minimum Gasteiger partial charge on any atom is -0.374 e. The highest BCUT2D eigenvalue weighted by molar-refractivity contribution is 5.52. The summed E-state index contributed by atoms with van der Waals surface area (Å²) in [5.41, 5.74) is 7.06. The zero-order valence-corrected chi connectivity index (χ0v) is 14.7. The molecule has 0 saturated heterocycles. The maximum atomic E-state index is 5.70. The molecule has 24 heavy (non-hydrogen) atoms. The summed E-state index contributed by atoms with van der Waals surface area (Å²) < 4.78 is 11.4. The molecule has 0 spiro atoms. The average molecular weight is 322 g/mol. The highest BCUT2D eigenvalue weighted by atomic mass is 16.5. The summed E-state index contributed by atoms with van der Waals surface area (Å²) in [5.74, 6) is 0. The maximum Gasteiger partial charge on any atom is 0.0718 e. The molecule has 2 heteroatoms. The van der Waals surface area contributed by atoms with Crippen LogP contribution in [-0.4, -0.2) is 13.2 Å². The van der Waals surface area contributed by atoms with Gasteiger partial charge < -0.3 is 9.47 Å². The first-order valence-electron chi connectivity index (χ1n) is 8.23. The highest BCUT2D eigenvalue weighted by Crippen LogP contribution is 2.14. The molecular weight excluding hydrogens is 296 g/mol. The average Bonchev–Trinajstić information content (AvgIpc) is 2.58. The molecule has 0 bridgehead atoms. The fourth-order valence-corrected chi connectivity index (χ4v) is 2.59. The number of aryl methyl sites for hydroxylation is 2. The maximum absolute atomic E-state index is 5.70. The molecular formula is C22H26O2. The largest absolute Gasteiger partial charge is 0.374 e. The van der Waals surface area contributed by atoms with Crippen LogP contribution in [0.2, 0.25) is 0 Å². The minimum absolute atomic E-state index is 0.581. The molecule has 2 aromatic carbocycles. The van der Waals surface area contributed by atoms with Gasteiger partial charge in [-0.25, -0.2) is 0 Å². The first-order valence-corrected chi connectivity index (χ1v) is 8.23. The molecule has 0 unspecified atom stereocenters. The Labute approximate surface area is 145 Å². The lowest BCUT2D eigenvalue weighted by molar-refractivity contribution is 0.0338. The minimum atomic E-state index is 0.581. The van der Waals surface area contributed by atoms with Gasteiger partial charge in [-0.2, -0.15) is 0 Å². The second-order valence-corrected chi connectivity index (χ2v) is 5.96. The van der Waals surface area contributed by atoms with Gasteiger partial charge in [0.1, 0.15) is 0 Å². The van der Waals surface area contributed by atoms with Gasteiger partial charge in [0, 0.05) is 0 Å². The van der Waals surface area contributed by atoms with E-state index >= 15 is 0 Å². The van der Waals surface area contributed by atoms with E-state index in [4.69, 9.17) is 9.47 Å². The van der Waals surface area contributed by atoms with E-state index in [-0.39, 0.29) is 0 Å². The van der Waals surface area contributed by atoms with Crippen molar-refractivity contribution in [2.24, 2.45) is 0 Å². The lowest BCUT2D eigenvalue weighted by Crippen LogP contribution is -2.05.